The van der Waals surface area contributed by atoms with E-state index >= 15 is 0 Å². The second-order valence-corrected chi connectivity index (χ2v) is 6.60. The second kappa shape index (κ2) is 6.10. The first-order valence-electron chi connectivity index (χ1n) is 6.49. The van der Waals surface area contributed by atoms with Crippen molar-refractivity contribution < 1.29 is 9.63 Å². The quantitative estimate of drug-likeness (QED) is 0.388. The zero-order valence-corrected chi connectivity index (χ0v) is 13.9. The van der Waals surface area contributed by atoms with Gasteiger partial charge in [0.25, 0.3) is 0 Å². The van der Waals surface area contributed by atoms with E-state index in [2.05, 4.69) is 10.1 Å². The van der Waals surface area contributed by atoms with E-state index < -0.39 is 11.4 Å². The minimum Gasteiger partial charge on any atom is -0.384 e. The zero-order chi connectivity index (χ0) is 16.5. The Bertz CT molecular complexity index is 767. The molecule has 1 aromatic carbocycles. The largest absolute Gasteiger partial charge is 0.384 e. The van der Waals surface area contributed by atoms with Crippen molar-refractivity contribution in [3.05, 3.63) is 40.0 Å². The molecule has 0 amide bonds. The van der Waals surface area contributed by atoms with E-state index in [4.69, 9.17) is 33.8 Å². The summed E-state index contributed by atoms with van der Waals surface area (Å²) in [7, 11) is 0. The van der Waals surface area contributed by atoms with Crippen LogP contribution in [0.25, 0.3) is 10.9 Å². The molecule has 0 fully saturated rings. The molecule has 0 unspecified atom stereocenters. The summed E-state index contributed by atoms with van der Waals surface area (Å²) in [6.07, 6.45) is 1.43. The molecule has 0 aliphatic rings. The molecule has 2 rings (SSSR count). The summed E-state index contributed by atoms with van der Waals surface area (Å²) >= 11 is 12.0. The molecule has 1 aromatic heterocycles. The van der Waals surface area contributed by atoms with Crippen molar-refractivity contribution in [2.75, 3.05) is 0 Å². The van der Waals surface area contributed by atoms with Gasteiger partial charge in [0.2, 0.25) is 0 Å². The van der Waals surface area contributed by atoms with Crippen LogP contribution in [0.1, 0.15) is 31.1 Å². The Morgan fingerprint density at radius 3 is 2.64 bits per heavy atom. The van der Waals surface area contributed by atoms with Gasteiger partial charge >= 0.3 is 5.97 Å². The molecule has 0 radical (unpaired) electrons. The molecule has 7 heteroatoms. The Morgan fingerprint density at radius 2 is 2.00 bits per heavy atom. The van der Waals surface area contributed by atoms with Gasteiger partial charge in [0.15, 0.2) is 0 Å². The van der Waals surface area contributed by atoms with E-state index in [1.807, 2.05) is 20.8 Å². The number of aromatic nitrogens is 1. The number of benzene rings is 1. The Balaban J connectivity index is 2.42. The fraction of sp³-hybridized carbons (Fsp3) is 0.267. The molecular formula is C15H15Cl2N3O2. The van der Waals surface area contributed by atoms with Crippen LogP contribution < -0.4 is 5.73 Å². The van der Waals surface area contributed by atoms with Gasteiger partial charge < -0.3 is 10.6 Å². The van der Waals surface area contributed by atoms with Crippen LogP contribution in [-0.2, 0) is 4.84 Å². The summed E-state index contributed by atoms with van der Waals surface area (Å²) in [4.78, 5) is 21.3. The lowest BCUT2D eigenvalue weighted by Crippen LogP contribution is -2.29. The van der Waals surface area contributed by atoms with Gasteiger partial charge in [-0.15, -0.1) is 0 Å². The highest BCUT2D eigenvalue weighted by atomic mass is 35.5. The maximum atomic E-state index is 12.3. The summed E-state index contributed by atoms with van der Waals surface area (Å²) in [5.74, 6) is -0.522. The van der Waals surface area contributed by atoms with E-state index in [-0.39, 0.29) is 16.4 Å². The standard InChI is InChI=1S/C15H15Cl2N3O2/c1-15(2,3)14(18)20-22-13(21)11-10(17)5-4-8-6-9(16)7-19-12(8)11/h4-7H,1-3H3,(H2,18,20). The molecular weight excluding hydrogens is 325 g/mol. The maximum absolute atomic E-state index is 12.3. The summed E-state index contributed by atoms with van der Waals surface area (Å²) < 4.78 is 0. The van der Waals surface area contributed by atoms with Gasteiger partial charge in [-0.3, -0.25) is 4.98 Å². The summed E-state index contributed by atoms with van der Waals surface area (Å²) in [6, 6.07) is 4.99. The minimum atomic E-state index is -0.724. The van der Waals surface area contributed by atoms with Crippen LogP contribution in [0.15, 0.2) is 29.6 Å². The van der Waals surface area contributed by atoms with Gasteiger partial charge in [-0.05, 0) is 12.1 Å². The third-order valence-electron chi connectivity index (χ3n) is 2.97. The molecule has 2 aromatic rings. The van der Waals surface area contributed by atoms with Crippen LogP contribution >= 0.6 is 23.2 Å². The zero-order valence-electron chi connectivity index (χ0n) is 12.4. The van der Waals surface area contributed by atoms with E-state index in [1.54, 1.807) is 18.2 Å². The van der Waals surface area contributed by atoms with Crippen LogP contribution in [0.4, 0.5) is 0 Å². The molecule has 0 bridgehead atoms. The number of fused-ring (bicyclic) bond motifs is 1. The van der Waals surface area contributed by atoms with Gasteiger partial charge in [-0.1, -0.05) is 55.2 Å². The number of pyridine rings is 1. The Labute approximate surface area is 138 Å². The third kappa shape index (κ3) is 3.48. The lowest BCUT2D eigenvalue weighted by Gasteiger charge is -2.16. The highest BCUT2D eigenvalue weighted by Crippen LogP contribution is 2.27. The second-order valence-electron chi connectivity index (χ2n) is 5.75. The highest BCUT2D eigenvalue weighted by molar-refractivity contribution is 6.35. The SMILES string of the molecule is CC(C)(C)/C(N)=N/OC(=O)c1c(Cl)ccc2cc(Cl)cnc12. The molecule has 2 N–H and O–H groups in total. The molecule has 0 atom stereocenters. The van der Waals surface area contributed by atoms with Crippen LogP contribution in [0.2, 0.25) is 10.0 Å². The van der Waals surface area contributed by atoms with Gasteiger partial charge in [0.1, 0.15) is 11.4 Å². The van der Waals surface area contributed by atoms with Crippen molar-refractivity contribution >= 4 is 45.9 Å². The number of halogens is 2. The number of rotatable bonds is 2. The van der Waals surface area contributed by atoms with E-state index in [0.717, 1.165) is 0 Å². The maximum Gasteiger partial charge on any atom is 0.369 e. The summed E-state index contributed by atoms with van der Waals surface area (Å²) in [6.45, 7) is 5.57. The first kappa shape index (κ1) is 16.5. The molecule has 0 saturated carbocycles. The van der Waals surface area contributed by atoms with Crippen molar-refractivity contribution in [3.8, 4) is 0 Å². The first-order chi connectivity index (χ1) is 10.2. The Morgan fingerprint density at radius 1 is 1.32 bits per heavy atom. The van der Waals surface area contributed by atoms with E-state index in [9.17, 15) is 4.79 Å². The van der Waals surface area contributed by atoms with Gasteiger partial charge in [0, 0.05) is 17.0 Å². The van der Waals surface area contributed by atoms with Crippen LogP contribution in [0.3, 0.4) is 0 Å². The van der Waals surface area contributed by atoms with E-state index in [1.165, 1.54) is 6.20 Å². The number of nitrogens with zero attached hydrogens (tertiary/aromatic N) is 2. The van der Waals surface area contributed by atoms with Crippen LogP contribution in [0, 0.1) is 5.41 Å². The number of nitrogens with two attached hydrogens (primary N) is 1. The number of carbonyl (C=O) groups is 1. The molecule has 0 spiro atoms. The van der Waals surface area contributed by atoms with Crippen molar-refractivity contribution in [2.45, 2.75) is 20.8 Å². The average molecular weight is 340 g/mol. The predicted molar refractivity (Wildman–Crippen MR) is 88.3 cm³/mol. The lowest BCUT2D eigenvalue weighted by molar-refractivity contribution is 0.0514. The van der Waals surface area contributed by atoms with Gasteiger partial charge in [-0.2, -0.15) is 0 Å². The molecule has 0 aliphatic heterocycles. The Hall–Kier alpha value is -1.85. The normalized spacial score (nSPS) is 12.5. The number of hydrogen-bond acceptors (Lipinski definition) is 4. The highest BCUT2D eigenvalue weighted by Gasteiger charge is 2.20. The lowest BCUT2D eigenvalue weighted by atomic mass is 9.96. The molecule has 116 valence electrons. The van der Waals surface area contributed by atoms with Crippen LogP contribution in [-0.4, -0.2) is 16.8 Å². The fourth-order valence-electron chi connectivity index (χ4n) is 1.62. The molecule has 1 heterocycles. The fourth-order valence-corrected chi connectivity index (χ4v) is 2.01. The molecule has 0 saturated heterocycles. The average Bonchev–Trinajstić information content (AvgIpc) is 2.43. The van der Waals surface area contributed by atoms with Crippen molar-refractivity contribution in [1.29, 1.82) is 0 Å². The summed E-state index contributed by atoms with van der Waals surface area (Å²) in [5.41, 5.74) is 5.87. The topological polar surface area (TPSA) is 77.6 Å². The first-order valence-corrected chi connectivity index (χ1v) is 7.25. The molecule has 22 heavy (non-hydrogen) atoms. The minimum absolute atomic E-state index is 0.126. The van der Waals surface area contributed by atoms with E-state index in [0.29, 0.717) is 15.9 Å². The third-order valence-corrected chi connectivity index (χ3v) is 3.49. The number of carbonyl (C=O) groups excluding carboxylic acids is 1. The number of amidine groups is 1. The number of hydrogen-bond donors (Lipinski definition) is 1. The van der Waals surface area contributed by atoms with Crippen molar-refractivity contribution in [2.24, 2.45) is 16.3 Å². The molecule has 5 nitrogen and oxygen atoms in total. The Kier molecular flexibility index (Phi) is 4.58. The predicted octanol–water partition coefficient (Wildman–Crippen LogP) is 4.02. The molecule has 0 aliphatic carbocycles. The van der Waals surface area contributed by atoms with Gasteiger partial charge in [-0.25, -0.2) is 4.79 Å². The van der Waals surface area contributed by atoms with Crippen molar-refractivity contribution in [3.63, 3.8) is 0 Å². The number of oxime groups is 1. The van der Waals surface area contributed by atoms with Gasteiger partial charge in [0.05, 0.1) is 15.6 Å². The monoisotopic (exact) mass is 339 g/mol. The summed E-state index contributed by atoms with van der Waals surface area (Å²) in [5, 5.41) is 5.03. The smallest absolute Gasteiger partial charge is 0.369 e. The van der Waals surface area contributed by atoms with Crippen molar-refractivity contribution in [1.82, 2.24) is 4.98 Å². The van der Waals surface area contributed by atoms with Crippen LogP contribution in [0.5, 0.6) is 0 Å².